The Labute approximate surface area is 360 Å². The van der Waals surface area contributed by atoms with E-state index >= 15 is 0 Å². The molecule has 6 rings (SSSR count). The topological polar surface area (TPSA) is 50.2 Å². The van der Waals surface area contributed by atoms with Crippen molar-refractivity contribution in [2.24, 2.45) is 28.1 Å². The Morgan fingerprint density at radius 1 is 0.860 bits per heavy atom. The van der Waals surface area contributed by atoms with E-state index in [4.69, 9.17) is 4.98 Å². The average molecular weight is 949 g/mol. The summed E-state index contributed by atoms with van der Waals surface area (Å²) in [6.45, 7) is 29.6. The standard InChI is InChI=1S/C40H50N.C13H24O2.Ir/c1-26-18-27(2)36-32(28-14-16-40(17-15-28)24-38(6,7)23-39(8,9)25-40)22-34(41-35(36)19-26)30-20-29-12-10-11-13-31(29)33(21-30)37(3,4)5;1-5-10(6-2)12(14)9-13(15)11(7-3)8-4;/h10-13,18-19,21-22,28H,14-17,23-25H2,1-9H3;9-11,14H,5-8H2,1-4H3;/q-1;;/b;12-9-;. The van der Waals surface area contributed by atoms with Crippen molar-refractivity contribution in [3.05, 3.63) is 88.7 Å². The first-order valence-electron chi connectivity index (χ1n) is 22.1. The van der Waals surface area contributed by atoms with Crippen LogP contribution in [0.25, 0.3) is 32.9 Å². The van der Waals surface area contributed by atoms with Gasteiger partial charge in [-0.15, -0.1) is 29.1 Å². The molecule has 2 aliphatic rings. The molecule has 0 unspecified atom stereocenters. The smallest absolute Gasteiger partial charge is 0.162 e. The molecule has 3 aromatic carbocycles. The predicted octanol–water partition coefficient (Wildman–Crippen LogP) is 15.5. The zero-order valence-electron chi connectivity index (χ0n) is 37.8. The number of carbonyl (C=O) groups excluding carboxylic acids is 1. The normalized spacial score (nSPS) is 18.1. The van der Waals surface area contributed by atoms with Gasteiger partial charge in [0.05, 0.1) is 11.3 Å². The van der Waals surface area contributed by atoms with Crippen LogP contribution in [-0.4, -0.2) is 15.9 Å². The van der Waals surface area contributed by atoms with Gasteiger partial charge >= 0.3 is 0 Å². The van der Waals surface area contributed by atoms with Gasteiger partial charge in [0.1, 0.15) is 0 Å². The van der Waals surface area contributed by atoms with Gasteiger partial charge in [-0.1, -0.05) is 117 Å². The summed E-state index contributed by atoms with van der Waals surface area (Å²) >= 11 is 0. The van der Waals surface area contributed by atoms with Crippen molar-refractivity contribution in [2.75, 3.05) is 0 Å². The summed E-state index contributed by atoms with van der Waals surface area (Å²) in [7, 11) is 0. The Kier molecular flexibility index (Phi) is 15.3. The molecule has 57 heavy (non-hydrogen) atoms. The minimum absolute atomic E-state index is 0. The number of pyridine rings is 1. The van der Waals surface area contributed by atoms with Gasteiger partial charge in [0.2, 0.25) is 0 Å². The van der Waals surface area contributed by atoms with Crippen molar-refractivity contribution in [2.45, 2.75) is 172 Å². The summed E-state index contributed by atoms with van der Waals surface area (Å²) in [5.74, 6) is 1.13. The van der Waals surface area contributed by atoms with E-state index in [1.54, 1.807) is 0 Å². The van der Waals surface area contributed by atoms with Gasteiger partial charge in [0, 0.05) is 49.1 Å². The fourth-order valence-electron chi connectivity index (χ4n) is 11.4. The number of hydrogen-bond donors (Lipinski definition) is 1. The predicted molar refractivity (Wildman–Crippen MR) is 241 cm³/mol. The fraction of sp³-hybridized carbons (Fsp3) is 0.585. The van der Waals surface area contributed by atoms with Gasteiger partial charge in [0.25, 0.3) is 0 Å². The molecule has 2 aliphatic carbocycles. The molecule has 2 fully saturated rings. The molecule has 1 aromatic heterocycles. The first kappa shape index (κ1) is 46.9. The zero-order chi connectivity index (χ0) is 41.2. The van der Waals surface area contributed by atoms with E-state index < -0.39 is 0 Å². The van der Waals surface area contributed by atoms with Crippen LogP contribution in [0.2, 0.25) is 0 Å². The van der Waals surface area contributed by atoms with Crippen LogP contribution in [0.3, 0.4) is 0 Å². The number of fused-ring (bicyclic) bond motifs is 2. The second-order valence-corrected chi connectivity index (χ2v) is 20.6. The van der Waals surface area contributed by atoms with Crippen LogP contribution in [-0.2, 0) is 30.3 Å². The molecule has 1 heterocycles. The molecule has 1 N–H and O–H groups in total. The molecular weight excluding hydrogens is 875 g/mol. The van der Waals surface area contributed by atoms with E-state index in [1.165, 1.54) is 89.4 Å². The van der Waals surface area contributed by atoms with E-state index in [-0.39, 0.29) is 48.9 Å². The molecular formula is C53H74IrNO2-. The number of carbonyl (C=O) groups is 1. The minimum atomic E-state index is 0. The third kappa shape index (κ3) is 11.1. The molecule has 0 atom stereocenters. The summed E-state index contributed by atoms with van der Waals surface area (Å²) < 4.78 is 0. The zero-order valence-corrected chi connectivity index (χ0v) is 40.2. The van der Waals surface area contributed by atoms with E-state index in [0.29, 0.717) is 22.2 Å². The van der Waals surface area contributed by atoms with Gasteiger partial charge in [0.15, 0.2) is 5.78 Å². The molecule has 1 spiro atoms. The molecule has 0 amide bonds. The molecule has 1 radical (unpaired) electrons. The molecule has 0 aliphatic heterocycles. The van der Waals surface area contributed by atoms with Gasteiger partial charge in [-0.05, 0) is 135 Å². The Morgan fingerprint density at radius 3 is 2.00 bits per heavy atom. The van der Waals surface area contributed by atoms with Crippen LogP contribution >= 0.6 is 0 Å². The maximum atomic E-state index is 11.7. The number of rotatable bonds is 9. The van der Waals surface area contributed by atoms with Crippen LogP contribution in [0.4, 0.5) is 0 Å². The Hall–Kier alpha value is -2.81. The van der Waals surface area contributed by atoms with Crippen molar-refractivity contribution < 1.29 is 30.0 Å². The second kappa shape index (κ2) is 18.6. The molecule has 4 heteroatoms. The van der Waals surface area contributed by atoms with Crippen LogP contribution in [0.1, 0.15) is 175 Å². The molecule has 4 aromatic rings. The molecule has 0 bridgehead atoms. The summed E-state index contributed by atoms with van der Waals surface area (Å²) in [4.78, 5) is 17.1. The summed E-state index contributed by atoms with van der Waals surface area (Å²) in [6.07, 6.45) is 14.3. The fourth-order valence-corrected chi connectivity index (χ4v) is 11.4. The van der Waals surface area contributed by atoms with Crippen LogP contribution in [0.5, 0.6) is 0 Å². The largest absolute Gasteiger partial charge is 0.512 e. The Morgan fingerprint density at radius 2 is 1.44 bits per heavy atom. The first-order chi connectivity index (χ1) is 26.2. The van der Waals surface area contributed by atoms with Gasteiger partial charge in [-0.2, -0.15) is 0 Å². The van der Waals surface area contributed by atoms with Gasteiger partial charge < -0.3 is 5.11 Å². The van der Waals surface area contributed by atoms with E-state index in [9.17, 15) is 9.90 Å². The number of ketones is 1. The second-order valence-electron chi connectivity index (χ2n) is 20.6. The number of aromatic nitrogens is 1. The van der Waals surface area contributed by atoms with Gasteiger partial charge in [-0.3, -0.25) is 9.78 Å². The maximum Gasteiger partial charge on any atom is 0.162 e. The molecule has 0 saturated heterocycles. The monoisotopic (exact) mass is 950 g/mol. The SMILES string of the molecule is CCC(CC)C(=O)/C=C(\O)C(CC)CC.Cc1cc(C)c2c(C3CCC4(CC3)CC(C)(C)CC(C)(C)C4)cc(-c3[c-]c4ccccc4c(C(C)(C)C)c3)nc2c1.[Ir]. The van der Waals surface area contributed by atoms with Gasteiger partial charge in [-0.25, -0.2) is 0 Å². The van der Waals surface area contributed by atoms with Crippen LogP contribution in [0, 0.1) is 48.0 Å². The molecule has 3 nitrogen and oxygen atoms in total. The summed E-state index contributed by atoms with van der Waals surface area (Å²) in [5, 5.41) is 13.6. The number of hydrogen-bond acceptors (Lipinski definition) is 3. The number of nitrogens with zero attached hydrogens (tertiary/aromatic N) is 1. The third-order valence-corrected chi connectivity index (χ3v) is 13.4. The quantitative estimate of drug-likeness (QED) is 0.103. The van der Waals surface area contributed by atoms with Crippen molar-refractivity contribution in [3.63, 3.8) is 0 Å². The number of benzene rings is 3. The summed E-state index contributed by atoms with van der Waals surface area (Å²) in [6, 6.07) is 22.0. The van der Waals surface area contributed by atoms with Crippen LogP contribution in [0.15, 0.2) is 60.4 Å². The van der Waals surface area contributed by atoms with Crippen LogP contribution < -0.4 is 0 Å². The number of aryl methyl sites for hydroxylation is 2. The molecule has 313 valence electrons. The number of aliphatic hydroxyl groups excluding tert-OH is 1. The maximum absolute atomic E-state index is 11.7. The number of aliphatic hydroxyl groups is 1. The first-order valence-corrected chi connectivity index (χ1v) is 22.1. The van der Waals surface area contributed by atoms with Crippen molar-refractivity contribution in [1.29, 1.82) is 0 Å². The molecule has 2 saturated carbocycles. The van der Waals surface area contributed by atoms with Crippen molar-refractivity contribution in [3.8, 4) is 11.3 Å². The Balaban J connectivity index is 0.000000385. The van der Waals surface area contributed by atoms with E-state index in [2.05, 4.69) is 117 Å². The third-order valence-electron chi connectivity index (χ3n) is 13.4. The van der Waals surface area contributed by atoms with E-state index in [1.807, 2.05) is 27.7 Å². The average Bonchev–Trinajstić information content (AvgIpc) is 3.10. The van der Waals surface area contributed by atoms with E-state index in [0.717, 1.165) is 42.5 Å². The minimum Gasteiger partial charge on any atom is -0.512 e. The number of allylic oxidation sites excluding steroid dienone is 2. The van der Waals surface area contributed by atoms with Crippen molar-refractivity contribution in [1.82, 2.24) is 4.98 Å². The summed E-state index contributed by atoms with van der Waals surface area (Å²) in [5.41, 5.74) is 10.3. The Bertz CT molecular complexity index is 2010. The van der Waals surface area contributed by atoms with Crippen molar-refractivity contribution >= 4 is 27.5 Å².